The lowest BCUT2D eigenvalue weighted by atomic mass is 10.0. The van der Waals surface area contributed by atoms with Crippen LogP contribution in [-0.2, 0) is 25.9 Å². The summed E-state index contributed by atoms with van der Waals surface area (Å²) in [5.41, 5.74) is 3.37. The molecule has 0 radical (unpaired) electrons. The highest BCUT2D eigenvalue weighted by Crippen LogP contribution is 2.28. The van der Waals surface area contributed by atoms with Crippen LogP contribution in [0.25, 0.3) is 4.96 Å². The molecule has 5 nitrogen and oxygen atoms in total. The summed E-state index contributed by atoms with van der Waals surface area (Å²) in [4.78, 5) is 22.4. The Bertz CT molecular complexity index is 1050. The molecule has 0 N–H and O–H groups in total. The van der Waals surface area contributed by atoms with Crippen molar-refractivity contribution in [2.45, 2.75) is 59.5 Å². The minimum absolute atomic E-state index is 0.0694. The first kappa shape index (κ1) is 21.1. The van der Waals surface area contributed by atoms with Crippen LogP contribution in [-0.4, -0.2) is 27.4 Å². The molecule has 0 saturated heterocycles. The molecule has 0 amide bonds. The van der Waals surface area contributed by atoms with Gasteiger partial charge in [-0.3, -0.25) is 14.1 Å². The Labute approximate surface area is 182 Å². The zero-order valence-electron chi connectivity index (χ0n) is 18.2. The molecule has 0 unspecified atom stereocenters. The highest BCUT2D eigenvalue weighted by atomic mass is 32.1. The largest absolute Gasteiger partial charge is 0.494 e. The van der Waals surface area contributed by atoms with Gasteiger partial charge in [-0.1, -0.05) is 26.0 Å². The molecule has 1 aliphatic carbocycles. The normalized spacial score (nSPS) is 13.9. The monoisotopic (exact) mass is 425 g/mol. The van der Waals surface area contributed by atoms with E-state index in [0.29, 0.717) is 19.1 Å². The van der Waals surface area contributed by atoms with Crippen LogP contribution in [0.3, 0.4) is 0 Å². The minimum atomic E-state index is 0.0694. The van der Waals surface area contributed by atoms with E-state index in [1.54, 1.807) is 17.4 Å². The van der Waals surface area contributed by atoms with Gasteiger partial charge in [0.1, 0.15) is 5.75 Å². The molecule has 30 heavy (non-hydrogen) atoms. The fourth-order valence-corrected chi connectivity index (χ4v) is 5.50. The molecular formula is C24H31N3O2S. The van der Waals surface area contributed by atoms with Gasteiger partial charge in [-0.25, -0.2) is 4.98 Å². The van der Waals surface area contributed by atoms with Gasteiger partial charge in [0, 0.05) is 36.3 Å². The van der Waals surface area contributed by atoms with Crippen molar-refractivity contribution < 1.29 is 4.74 Å². The van der Waals surface area contributed by atoms with E-state index in [1.165, 1.54) is 22.6 Å². The van der Waals surface area contributed by atoms with Gasteiger partial charge < -0.3 is 4.74 Å². The number of ether oxygens (including phenoxy) is 1. The van der Waals surface area contributed by atoms with E-state index < -0.39 is 0 Å². The van der Waals surface area contributed by atoms with E-state index in [0.717, 1.165) is 48.8 Å². The number of benzene rings is 1. The molecule has 4 rings (SSSR count). The van der Waals surface area contributed by atoms with Gasteiger partial charge in [0.05, 0.1) is 12.3 Å². The average Bonchev–Trinajstić information content (AvgIpc) is 3.08. The highest BCUT2D eigenvalue weighted by Gasteiger charge is 2.19. The topological polar surface area (TPSA) is 46.8 Å². The van der Waals surface area contributed by atoms with Crippen molar-refractivity contribution in [2.24, 2.45) is 5.92 Å². The quantitative estimate of drug-likeness (QED) is 0.525. The fourth-order valence-electron chi connectivity index (χ4n) is 4.27. The van der Waals surface area contributed by atoms with E-state index in [4.69, 9.17) is 9.72 Å². The summed E-state index contributed by atoms with van der Waals surface area (Å²) in [6.07, 6.45) is 4.45. The molecule has 0 fully saturated rings. The van der Waals surface area contributed by atoms with E-state index in [1.807, 2.05) is 23.5 Å². The molecule has 2 aromatic heterocycles. The molecule has 0 bridgehead atoms. The molecule has 0 saturated carbocycles. The van der Waals surface area contributed by atoms with Gasteiger partial charge in [-0.15, -0.1) is 11.3 Å². The lowest BCUT2D eigenvalue weighted by molar-refractivity contribution is 0.225. The summed E-state index contributed by atoms with van der Waals surface area (Å²) in [5.74, 6) is 1.44. The van der Waals surface area contributed by atoms with Crippen LogP contribution >= 0.6 is 11.3 Å². The highest BCUT2D eigenvalue weighted by molar-refractivity contribution is 7.17. The first-order chi connectivity index (χ1) is 14.5. The molecule has 0 atom stereocenters. The van der Waals surface area contributed by atoms with Gasteiger partial charge in [-0.2, -0.15) is 0 Å². The lowest BCUT2D eigenvalue weighted by Gasteiger charge is -2.24. The molecule has 6 heteroatoms. The number of hydrogen-bond acceptors (Lipinski definition) is 5. The Kier molecular flexibility index (Phi) is 6.54. The van der Waals surface area contributed by atoms with Crippen molar-refractivity contribution >= 4 is 16.3 Å². The Morgan fingerprint density at radius 1 is 1.17 bits per heavy atom. The Hall–Kier alpha value is -2.18. The number of thiazole rings is 1. The summed E-state index contributed by atoms with van der Waals surface area (Å²) in [6.45, 7) is 9.58. The molecule has 160 valence electrons. The van der Waals surface area contributed by atoms with Crippen LogP contribution in [0.5, 0.6) is 5.75 Å². The second kappa shape index (κ2) is 9.31. The smallest absolute Gasteiger partial charge is 0.259 e. The maximum Gasteiger partial charge on any atom is 0.259 e. The number of nitrogens with zero attached hydrogens (tertiary/aromatic N) is 3. The second-order valence-electron chi connectivity index (χ2n) is 8.52. The number of rotatable bonds is 8. The Balaban J connectivity index is 1.56. The van der Waals surface area contributed by atoms with Crippen LogP contribution in [0.1, 0.15) is 55.4 Å². The van der Waals surface area contributed by atoms with Crippen molar-refractivity contribution in [1.29, 1.82) is 0 Å². The molecule has 1 aromatic carbocycles. The molecule has 3 aromatic rings. The summed E-state index contributed by atoms with van der Waals surface area (Å²) in [6, 6.07) is 10.0. The first-order valence-corrected chi connectivity index (χ1v) is 11.8. The van der Waals surface area contributed by atoms with Crippen LogP contribution in [0.4, 0.5) is 0 Å². The van der Waals surface area contributed by atoms with E-state index in [2.05, 4.69) is 30.9 Å². The third-order valence-corrected chi connectivity index (χ3v) is 6.61. The van der Waals surface area contributed by atoms with Gasteiger partial charge in [-0.05, 0) is 56.2 Å². The molecular weight excluding hydrogens is 394 g/mol. The second-order valence-corrected chi connectivity index (χ2v) is 9.59. The van der Waals surface area contributed by atoms with Crippen LogP contribution in [0.2, 0.25) is 0 Å². The summed E-state index contributed by atoms with van der Waals surface area (Å²) in [7, 11) is 0. The maximum absolute atomic E-state index is 12.9. The molecule has 2 heterocycles. The van der Waals surface area contributed by atoms with Gasteiger partial charge in [0.25, 0.3) is 5.56 Å². The summed E-state index contributed by atoms with van der Waals surface area (Å²) in [5, 5.41) is 0. The first-order valence-electron chi connectivity index (χ1n) is 11.0. The number of fused-ring (bicyclic) bond motifs is 3. The third kappa shape index (κ3) is 4.76. The van der Waals surface area contributed by atoms with Gasteiger partial charge >= 0.3 is 0 Å². The minimum Gasteiger partial charge on any atom is -0.494 e. The molecule has 0 aliphatic heterocycles. The number of hydrogen-bond donors (Lipinski definition) is 0. The fraction of sp³-hybridized carbons (Fsp3) is 0.500. The SMILES string of the molecule is CCOc1ccc(CN(Cc2cc(=O)n3c4c(sc3n2)CCCC4)CC(C)C)cc1. The Morgan fingerprint density at radius 3 is 2.67 bits per heavy atom. The van der Waals surface area contributed by atoms with Gasteiger partial charge in [0.15, 0.2) is 4.96 Å². The number of aromatic nitrogens is 2. The van der Waals surface area contributed by atoms with Crippen molar-refractivity contribution in [2.75, 3.05) is 13.2 Å². The average molecular weight is 426 g/mol. The summed E-state index contributed by atoms with van der Waals surface area (Å²) < 4.78 is 7.40. The predicted molar refractivity (Wildman–Crippen MR) is 123 cm³/mol. The standard InChI is InChI=1S/C24H31N3O2S/c1-4-29-20-11-9-18(10-12-20)15-26(14-17(2)3)16-19-13-23(28)27-21-7-5-6-8-22(21)30-24(27)25-19/h9-13,17H,4-8,14-16H2,1-3H3. The van der Waals surface area contributed by atoms with Crippen LogP contribution in [0, 0.1) is 5.92 Å². The predicted octanol–water partition coefficient (Wildman–Crippen LogP) is 4.69. The van der Waals surface area contributed by atoms with Gasteiger partial charge in [0.2, 0.25) is 0 Å². The van der Waals surface area contributed by atoms with Crippen molar-refractivity contribution in [3.8, 4) is 5.75 Å². The van der Waals surface area contributed by atoms with Crippen LogP contribution < -0.4 is 10.3 Å². The molecule has 1 aliphatic rings. The lowest BCUT2D eigenvalue weighted by Crippen LogP contribution is -2.28. The van der Waals surface area contributed by atoms with E-state index in [-0.39, 0.29) is 5.56 Å². The van der Waals surface area contributed by atoms with Crippen molar-refractivity contribution in [1.82, 2.24) is 14.3 Å². The van der Waals surface area contributed by atoms with Crippen LogP contribution in [0.15, 0.2) is 35.1 Å². The maximum atomic E-state index is 12.9. The number of aryl methyl sites for hydroxylation is 2. The van der Waals surface area contributed by atoms with Crippen molar-refractivity contribution in [3.63, 3.8) is 0 Å². The Morgan fingerprint density at radius 2 is 1.93 bits per heavy atom. The zero-order valence-corrected chi connectivity index (χ0v) is 19.0. The van der Waals surface area contributed by atoms with E-state index >= 15 is 0 Å². The van der Waals surface area contributed by atoms with E-state index in [9.17, 15) is 4.79 Å². The third-order valence-electron chi connectivity index (χ3n) is 5.46. The zero-order chi connectivity index (χ0) is 21.1. The summed E-state index contributed by atoms with van der Waals surface area (Å²) >= 11 is 1.70. The molecule has 0 spiro atoms. The van der Waals surface area contributed by atoms with Crippen molar-refractivity contribution in [3.05, 3.63) is 62.5 Å².